The van der Waals surface area contributed by atoms with Gasteiger partial charge in [-0.25, -0.2) is 5.84 Å². The highest BCUT2D eigenvalue weighted by atomic mass is 16.2. The second-order valence-electron chi connectivity index (χ2n) is 11.5. The molecule has 0 radical (unpaired) electrons. The van der Waals surface area contributed by atoms with Crippen LogP contribution in [-0.2, 0) is 23.1 Å². The van der Waals surface area contributed by atoms with E-state index in [-0.39, 0.29) is 30.4 Å². The van der Waals surface area contributed by atoms with Crippen LogP contribution in [0.25, 0.3) is 5.70 Å². The zero-order valence-corrected chi connectivity index (χ0v) is 26.1. The second kappa shape index (κ2) is 13.8. The molecule has 11 heteroatoms. The molecule has 44 heavy (non-hydrogen) atoms. The fourth-order valence-electron chi connectivity index (χ4n) is 6.64. The van der Waals surface area contributed by atoms with Crippen molar-refractivity contribution in [3.8, 4) is 6.07 Å². The third-order valence-electron chi connectivity index (χ3n) is 8.75. The van der Waals surface area contributed by atoms with Crippen LogP contribution in [-0.4, -0.2) is 80.6 Å². The first-order valence-corrected chi connectivity index (χ1v) is 14.9. The van der Waals surface area contributed by atoms with Crippen LogP contribution in [0.15, 0.2) is 53.2 Å². The minimum absolute atomic E-state index is 0.0936. The van der Waals surface area contributed by atoms with Gasteiger partial charge in [0.25, 0.3) is 5.91 Å². The number of nitrogens with one attached hydrogen (secondary N) is 3. The normalized spacial score (nSPS) is 20.0. The first-order valence-electron chi connectivity index (χ1n) is 14.9. The Labute approximate surface area is 259 Å². The standard InChI is InChI=1S/C33H43N9O2/c1-21(39-20-30(43)42-15-7-8-27(42)19-34)18-33(32(40-38-5)41(6)35)28-13-11-23(22(2)36-3)16-24(28)9-10-25-17-26(31(44)37-4)12-14-29(25)33/h11-14,16-17,21,27,36,39H,2,5,7-10,15,18,20,35H2,1,3-4,6H3,(H,37,44)/b40-32-/t21-,27+,33?/m1/s1. The SMILES string of the molecule is C=N/N=C(\N(C)N)C1(C[C@@H](C)NCC(=O)N2CCC[C@H]2C#N)c2ccc(C(=C)NC)cc2CCc2cc(C(=O)NC)ccc21. The lowest BCUT2D eigenvalue weighted by Crippen LogP contribution is -2.53. The van der Waals surface area contributed by atoms with Crippen molar-refractivity contribution in [2.75, 3.05) is 34.2 Å². The van der Waals surface area contributed by atoms with Crippen LogP contribution in [0.2, 0.25) is 0 Å². The van der Waals surface area contributed by atoms with Crippen molar-refractivity contribution >= 4 is 30.1 Å². The van der Waals surface area contributed by atoms with E-state index in [0.717, 1.165) is 39.9 Å². The predicted molar refractivity (Wildman–Crippen MR) is 174 cm³/mol. The third-order valence-corrected chi connectivity index (χ3v) is 8.75. The van der Waals surface area contributed by atoms with E-state index >= 15 is 0 Å². The molecule has 1 heterocycles. The van der Waals surface area contributed by atoms with E-state index in [0.29, 0.717) is 43.6 Å². The van der Waals surface area contributed by atoms with Crippen LogP contribution >= 0.6 is 0 Å². The summed E-state index contributed by atoms with van der Waals surface area (Å²) >= 11 is 0. The van der Waals surface area contributed by atoms with Crippen LogP contribution in [0.4, 0.5) is 0 Å². The largest absolute Gasteiger partial charge is 0.388 e. The van der Waals surface area contributed by atoms with Crippen LogP contribution in [0, 0.1) is 11.3 Å². The maximum Gasteiger partial charge on any atom is 0.251 e. The lowest BCUT2D eigenvalue weighted by Gasteiger charge is -2.41. The second-order valence-corrected chi connectivity index (χ2v) is 11.5. The van der Waals surface area contributed by atoms with Gasteiger partial charge in [0.2, 0.25) is 5.91 Å². The Bertz CT molecular complexity index is 1440. The molecule has 1 fully saturated rings. The van der Waals surface area contributed by atoms with Gasteiger partial charge >= 0.3 is 0 Å². The molecule has 0 aromatic heterocycles. The third kappa shape index (κ3) is 6.23. The number of aryl methyl sites for hydroxylation is 2. The molecule has 5 N–H and O–H groups in total. The van der Waals surface area contributed by atoms with Gasteiger partial charge in [0.05, 0.1) is 18.0 Å². The van der Waals surface area contributed by atoms with Crippen LogP contribution < -0.4 is 21.8 Å². The lowest BCUT2D eigenvalue weighted by molar-refractivity contribution is -0.130. The van der Waals surface area contributed by atoms with Gasteiger partial charge in [-0.1, -0.05) is 24.8 Å². The van der Waals surface area contributed by atoms with E-state index in [1.54, 1.807) is 19.0 Å². The van der Waals surface area contributed by atoms with E-state index in [1.807, 2.05) is 38.2 Å². The fourth-order valence-corrected chi connectivity index (χ4v) is 6.64. The highest BCUT2D eigenvalue weighted by Gasteiger charge is 2.47. The van der Waals surface area contributed by atoms with E-state index in [1.165, 1.54) is 5.01 Å². The summed E-state index contributed by atoms with van der Waals surface area (Å²) in [5.74, 6) is 6.74. The molecule has 2 aromatic rings. The van der Waals surface area contributed by atoms with Crippen molar-refractivity contribution in [3.63, 3.8) is 0 Å². The quantitative estimate of drug-likeness (QED) is 0.142. The number of likely N-dealkylation sites (N-methyl/N-ethyl adjacent to an activating group) is 1. The number of hydrogen-bond donors (Lipinski definition) is 4. The number of carbonyl (C=O) groups excluding carboxylic acids is 2. The van der Waals surface area contributed by atoms with Crippen LogP contribution in [0.3, 0.4) is 0 Å². The van der Waals surface area contributed by atoms with Crippen molar-refractivity contribution < 1.29 is 9.59 Å². The maximum atomic E-state index is 13.1. The molecule has 3 atom stereocenters. The Balaban J connectivity index is 1.88. The number of amides is 2. The van der Waals surface area contributed by atoms with Gasteiger partial charge in [0.1, 0.15) is 6.04 Å². The van der Waals surface area contributed by atoms with E-state index in [4.69, 9.17) is 5.84 Å². The molecule has 4 rings (SSSR count). The topological polar surface area (TPSA) is 151 Å². The number of nitriles is 1. The first-order chi connectivity index (χ1) is 21.1. The van der Waals surface area contributed by atoms with Gasteiger partial charge in [-0.05, 0) is 85.0 Å². The summed E-state index contributed by atoms with van der Waals surface area (Å²) < 4.78 is 0. The highest BCUT2D eigenvalue weighted by molar-refractivity contribution is 5.99. The monoisotopic (exact) mass is 597 g/mol. The Kier molecular flexibility index (Phi) is 10.2. The van der Waals surface area contributed by atoms with Crippen molar-refractivity contribution in [2.24, 2.45) is 16.0 Å². The number of hydrogen-bond acceptors (Lipinski definition) is 8. The average Bonchev–Trinajstić information content (AvgIpc) is 3.47. The predicted octanol–water partition coefficient (Wildman–Crippen LogP) is 2.32. The van der Waals surface area contributed by atoms with Gasteiger partial charge in [-0.2, -0.15) is 10.4 Å². The molecule has 2 aliphatic rings. The summed E-state index contributed by atoms with van der Waals surface area (Å²) in [6.07, 6.45) is 3.38. The molecular formula is C33H43N9O2. The van der Waals surface area contributed by atoms with Crippen molar-refractivity contribution in [3.05, 3.63) is 76.4 Å². The van der Waals surface area contributed by atoms with Gasteiger partial charge < -0.3 is 20.9 Å². The molecule has 1 unspecified atom stereocenters. The summed E-state index contributed by atoms with van der Waals surface area (Å²) in [6.45, 7) is 10.5. The van der Waals surface area contributed by atoms with E-state index in [2.05, 4.69) is 57.7 Å². The molecule has 11 nitrogen and oxygen atoms in total. The molecule has 2 amide bonds. The molecule has 2 aromatic carbocycles. The molecule has 0 saturated carbocycles. The molecule has 0 spiro atoms. The molecule has 1 saturated heterocycles. The zero-order chi connectivity index (χ0) is 32.0. The Morgan fingerprint density at radius 3 is 2.36 bits per heavy atom. The molecule has 0 bridgehead atoms. The summed E-state index contributed by atoms with van der Waals surface area (Å²) in [5, 5.41) is 28.7. The summed E-state index contributed by atoms with van der Waals surface area (Å²) in [6, 6.07) is 13.7. The van der Waals surface area contributed by atoms with Crippen molar-refractivity contribution in [1.82, 2.24) is 25.9 Å². The minimum atomic E-state index is -0.926. The maximum absolute atomic E-state index is 13.1. The number of hydrazine groups is 1. The Morgan fingerprint density at radius 1 is 1.16 bits per heavy atom. The van der Waals surface area contributed by atoms with Crippen LogP contribution in [0.1, 0.15) is 64.4 Å². The average molecular weight is 598 g/mol. The zero-order valence-electron chi connectivity index (χ0n) is 26.1. The highest BCUT2D eigenvalue weighted by Crippen LogP contribution is 2.45. The minimum Gasteiger partial charge on any atom is -0.388 e. The number of benzene rings is 2. The summed E-state index contributed by atoms with van der Waals surface area (Å²) in [7, 11) is 5.18. The van der Waals surface area contributed by atoms with E-state index < -0.39 is 5.41 Å². The lowest BCUT2D eigenvalue weighted by atomic mass is 9.67. The first kappa shape index (κ1) is 32.4. The van der Waals surface area contributed by atoms with Gasteiger partial charge in [0, 0.05) is 51.7 Å². The number of amidine groups is 1. The Morgan fingerprint density at radius 2 is 1.80 bits per heavy atom. The number of nitrogens with zero attached hydrogens (tertiary/aromatic N) is 5. The van der Waals surface area contributed by atoms with Crippen LogP contribution in [0.5, 0.6) is 0 Å². The molecule has 232 valence electrons. The molecule has 1 aliphatic heterocycles. The molecule has 1 aliphatic carbocycles. The van der Waals surface area contributed by atoms with E-state index in [9.17, 15) is 14.9 Å². The number of rotatable bonds is 10. The summed E-state index contributed by atoms with van der Waals surface area (Å²) in [5.41, 5.74) is 5.43. The van der Waals surface area contributed by atoms with Gasteiger partial charge in [0.15, 0.2) is 5.84 Å². The Hall–Kier alpha value is -4.53. The van der Waals surface area contributed by atoms with Gasteiger partial charge in [-0.15, -0.1) is 5.10 Å². The fraction of sp³-hybridized carbons (Fsp3) is 0.424. The van der Waals surface area contributed by atoms with Gasteiger partial charge in [-0.3, -0.25) is 14.6 Å². The number of fused-ring (bicyclic) bond motifs is 2. The number of nitrogens with two attached hydrogens (primary N) is 1. The summed E-state index contributed by atoms with van der Waals surface area (Å²) in [4.78, 5) is 27.5. The van der Waals surface area contributed by atoms with Crippen molar-refractivity contribution in [2.45, 2.75) is 56.5 Å². The van der Waals surface area contributed by atoms with Crippen molar-refractivity contribution in [1.29, 1.82) is 5.26 Å². The number of likely N-dealkylation sites (tertiary alicyclic amines) is 1. The number of carbonyl (C=O) groups is 2. The molecular weight excluding hydrogens is 554 g/mol. The smallest absolute Gasteiger partial charge is 0.251 e.